The molecule has 0 aromatic heterocycles. The van der Waals surface area contributed by atoms with Crippen molar-refractivity contribution in [3.05, 3.63) is 35.4 Å². The molecule has 1 aliphatic rings. The fraction of sp³-hybridized carbons (Fsp3) is 0.684. The number of nitrogens with one attached hydrogen (secondary N) is 1. The van der Waals surface area contributed by atoms with E-state index in [1.807, 2.05) is 0 Å². The van der Waals surface area contributed by atoms with Crippen LogP contribution < -0.4 is 5.32 Å². The molecule has 1 heteroatoms. The Morgan fingerprint density at radius 2 is 1.75 bits per heavy atom. The highest BCUT2D eigenvalue weighted by molar-refractivity contribution is 5.25. The molecule has 1 atom stereocenters. The molecule has 1 aliphatic carbocycles. The van der Waals surface area contributed by atoms with Crippen molar-refractivity contribution in [1.29, 1.82) is 0 Å². The average Bonchev–Trinajstić information content (AvgIpc) is 2.98. The molecule has 1 saturated carbocycles. The Hall–Kier alpha value is -0.820. The molecule has 1 aromatic carbocycles. The van der Waals surface area contributed by atoms with Crippen LogP contribution in [0.4, 0.5) is 0 Å². The van der Waals surface area contributed by atoms with E-state index in [2.05, 4.69) is 50.4 Å². The second-order valence-electron chi connectivity index (χ2n) is 6.71. The normalized spacial score (nSPS) is 17.8. The van der Waals surface area contributed by atoms with E-state index in [1.54, 1.807) is 0 Å². The highest BCUT2D eigenvalue weighted by atomic mass is 14.8. The fourth-order valence-electron chi connectivity index (χ4n) is 3.51. The van der Waals surface area contributed by atoms with Crippen LogP contribution in [0, 0.1) is 11.8 Å². The van der Waals surface area contributed by atoms with E-state index in [9.17, 15) is 0 Å². The van der Waals surface area contributed by atoms with E-state index in [1.165, 1.54) is 49.8 Å². The molecule has 0 aliphatic heterocycles. The third-order valence-corrected chi connectivity index (χ3v) is 4.87. The Morgan fingerprint density at radius 3 is 2.30 bits per heavy atom. The summed E-state index contributed by atoms with van der Waals surface area (Å²) in [7, 11) is 0. The fourth-order valence-corrected chi connectivity index (χ4v) is 3.51. The molecule has 1 N–H and O–H groups in total. The van der Waals surface area contributed by atoms with Gasteiger partial charge in [0.05, 0.1) is 0 Å². The summed E-state index contributed by atoms with van der Waals surface area (Å²) in [5, 5.41) is 3.58. The van der Waals surface area contributed by atoms with Crippen LogP contribution in [0.1, 0.15) is 63.5 Å². The third-order valence-electron chi connectivity index (χ3n) is 4.87. The molecular formula is C19H31N. The molecule has 1 fully saturated rings. The number of rotatable bonds is 7. The van der Waals surface area contributed by atoms with E-state index in [0.717, 1.165) is 18.4 Å². The van der Waals surface area contributed by atoms with Crippen LogP contribution in [0.3, 0.4) is 0 Å². The summed E-state index contributed by atoms with van der Waals surface area (Å²) in [5.41, 5.74) is 2.97. The molecule has 2 rings (SSSR count). The zero-order valence-corrected chi connectivity index (χ0v) is 13.5. The van der Waals surface area contributed by atoms with Gasteiger partial charge in [0, 0.05) is 0 Å². The van der Waals surface area contributed by atoms with Gasteiger partial charge in [0.2, 0.25) is 0 Å². The Labute approximate surface area is 125 Å². The maximum Gasteiger partial charge on any atom is -0.00148 e. The van der Waals surface area contributed by atoms with Gasteiger partial charge in [-0.15, -0.1) is 0 Å². The van der Waals surface area contributed by atoms with Crippen LogP contribution in [0.15, 0.2) is 24.3 Å². The van der Waals surface area contributed by atoms with E-state index in [4.69, 9.17) is 0 Å². The number of hydrogen-bond donors (Lipinski definition) is 1. The van der Waals surface area contributed by atoms with Gasteiger partial charge in [-0.3, -0.25) is 0 Å². The number of hydrogen-bond acceptors (Lipinski definition) is 1. The van der Waals surface area contributed by atoms with Crippen molar-refractivity contribution in [3.63, 3.8) is 0 Å². The van der Waals surface area contributed by atoms with Crippen molar-refractivity contribution in [2.75, 3.05) is 13.1 Å². The molecule has 0 saturated heterocycles. The lowest BCUT2D eigenvalue weighted by molar-refractivity contribution is 0.323. The zero-order valence-electron chi connectivity index (χ0n) is 13.5. The molecule has 1 aromatic rings. The predicted molar refractivity (Wildman–Crippen MR) is 88.2 cm³/mol. The van der Waals surface area contributed by atoms with Crippen LogP contribution in [0.25, 0.3) is 0 Å². The number of benzene rings is 1. The molecule has 0 spiro atoms. The van der Waals surface area contributed by atoms with Gasteiger partial charge in [-0.1, -0.05) is 70.7 Å². The monoisotopic (exact) mass is 273 g/mol. The van der Waals surface area contributed by atoms with Gasteiger partial charge < -0.3 is 5.32 Å². The molecule has 1 nitrogen and oxygen atoms in total. The minimum atomic E-state index is 0.636. The van der Waals surface area contributed by atoms with Crippen molar-refractivity contribution in [2.45, 2.75) is 58.8 Å². The van der Waals surface area contributed by atoms with Crippen molar-refractivity contribution >= 4 is 0 Å². The lowest BCUT2D eigenvalue weighted by Crippen LogP contribution is -2.28. The average molecular weight is 273 g/mol. The van der Waals surface area contributed by atoms with Crippen molar-refractivity contribution in [3.8, 4) is 0 Å². The van der Waals surface area contributed by atoms with Crippen LogP contribution >= 0.6 is 0 Å². The first-order valence-electron chi connectivity index (χ1n) is 8.50. The molecule has 1 unspecified atom stereocenters. The van der Waals surface area contributed by atoms with Crippen molar-refractivity contribution in [2.24, 2.45) is 11.8 Å². The summed E-state index contributed by atoms with van der Waals surface area (Å²) < 4.78 is 0. The molecule has 0 amide bonds. The van der Waals surface area contributed by atoms with E-state index < -0.39 is 0 Å². The molecule has 112 valence electrons. The van der Waals surface area contributed by atoms with Gasteiger partial charge in [-0.25, -0.2) is 0 Å². The maximum absolute atomic E-state index is 3.58. The Morgan fingerprint density at radius 1 is 1.10 bits per heavy atom. The third kappa shape index (κ3) is 4.34. The summed E-state index contributed by atoms with van der Waals surface area (Å²) in [6, 6.07) is 9.34. The van der Waals surface area contributed by atoms with Crippen LogP contribution in [0.2, 0.25) is 0 Å². The topological polar surface area (TPSA) is 12.0 Å². The Balaban J connectivity index is 1.98. The van der Waals surface area contributed by atoms with Gasteiger partial charge >= 0.3 is 0 Å². The van der Waals surface area contributed by atoms with Gasteiger partial charge in [-0.05, 0) is 48.4 Å². The van der Waals surface area contributed by atoms with Gasteiger partial charge in [0.15, 0.2) is 0 Å². The largest absolute Gasteiger partial charge is 0.317 e. The van der Waals surface area contributed by atoms with Gasteiger partial charge in [0.25, 0.3) is 0 Å². The first-order chi connectivity index (χ1) is 9.70. The lowest BCUT2D eigenvalue weighted by atomic mass is 9.85. The van der Waals surface area contributed by atoms with Gasteiger partial charge in [0.1, 0.15) is 0 Å². The molecule has 0 radical (unpaired) electrons. The molecule has 20 heavy (non-hydrogen) atoms. The van der Waals surface area contributed by atoms with Crippen LogP contribution in [-0.2, 0) is 6.42 Å². The first-order valence-corrected chi connectivity index (χ1v) is 8.50. The first kappa shape index (κ1) is 15.6. The minimum absolute atomic E-state index is 0.636. The second-order valence-corrected chi connectivity index (χ2v) is 6.71. The SMILES string of the molecule is CCNCC(Cc1ccc(C(C)C)cc1)C1CCCC1. The molecule has 0 bridgehead atoms. The summed E-state index contributed by atoms with van der Waals surface area (Å²) in [6.07, 6.45) is 7.02. The smallest absolute Gasteiger partial charge is 0.00148 e. The minimum Gasteiger partial charge on any atom is -0.317 e. The molecular weight excluding hydrogens is 242 g/mol. The van der Waals surface area contributed by atoms with Crippen LogP contribution in [-0.4, -0.2) is 13.1 Å². The summed E-state index contributed by atoms with van der Waals surface area (Å²) in [4.78, 5) is 0. The summed E-state index contributed by atoms with van der Waals surface area (Å²) in [5.74, 6) is 2.40. The highest BCUT2D eigenvalue weighted by Gasteiger charge is 2.24. The quantitative estimate of drug-likeness (QED) is 0.754. The van der Waals surface area contributed by atoms with Crippen LogP contribution in [0.5, 0.6) is 0 Å². The zero-order chi connectivity index (χ0) is 14.4. The van der Waals surface area contributed by atoms with Crippen molar-refractivity contribution in [1.82, 2.24) is 5.32 Å². The lowest BCUT2D eigenvalue weighted by Gasteiger charge is -2.24. The van der Waals surface area contributed by atoms with Gasteiger partial charge in [-0.2, -0.15) is 0 Å². The summed E-state index contributed by atoms with van der Waals surface area (Å²) >= 11 is 0. The van der Waals surface area contributed by atoms with E-state index in [0.29, 0.717) is 5.92 Å². The highest BCUT2D eigenvalue weighted by Crippen LogP contribution is 2.33. The predicted octanol–water partition coefficient (Wildman–Crippen LogP) is 4.77. The maximum atomic E-state index is 3.58. The standard InChI is InChI=1S/C19H31N/c1-4-20-14-19(18-7-5-6-8-18)13-16-9-11-17(12-10-16)15(2)3/h9-12,15,18-20H,4-8,13-14H2,1-3H3. The second kappa shape index (κ2) is 7.83. The van der Waals surface area contributed by atoms with E-state index >= 15 is 0 Å². The molecule has 0 heterocycles. The Bertz CT molecular complexity index is 373. The Kier molecular flexibility index (Phi) is 6.09. The summed E-state index contributed by atoms with van der Waals surface area (Å²) in [6.45, 7) is 9.02. The van der Waals surface area contributed by atoms with E-state index in [-0.39, 0.29) is 0 Å². The van der Waals surface area contributed by atoms with Crippen molar-refractivity contribution < 1.29 is 0 Å².